The smallest absolute Gasteiger partial charge is 0.147 e. The minimum absolute atomic E-state index is 0.293. The maximum atomic E-state index is 9.02. The van der Waals surface area contributed by atoms with Crippen LogP contribution in [0, 0.1) is 5.92 Å². The van der Waals surface area contributed by atoms with E-state index in [0.29, 0.717) is 18.3 Å². The summed E-state index contributed by atoms with van der Waals surface area (Å²) in [6.07, 6.45) is 5.31. The van der Waals surface area contributed by atoms with Crippen molar-refractivity contribution in [2.45, 2.75) is 12.8 Å². The monoisotopic (exact) mass is 208 g/mol. The predicted octanol–water partition coefficient (Wildman–Crippen LogP) is 0.267. The van der Waals surface area contributed by atoms with Gasteiger partial charge in [0.05, 0.1) is 12.4 Å². The topological polar surface area (TPSA) is 75.3 Å². The molecular formula is C10H16N4O. The minimum atomic E-state index is 0.293. The third-order valence-electron chi connectivity index (χ3n) is 2.85. The molecule has 2 rings (SSSR count). The molecule has 0 saturated carbocycles. The third-order valence-corrected chi connectivity index (χ3v) is 2.85. The van der Waals surface area contributed by atoms with Crippen molar-refractivity contribution in [2.75, 3.05) is 30.3 Å². The highest BCUT2D eigenvalue weighted by atomic mass is 16.3. The summed E-state index contributed by atoms with van der Waals surface area (Å²) in [6.45, 7) is 2.16. The molecule has 1 saturated heterocycles. The summed E-state index contributed by atoms with van der Waals surface area (Å²) in [5.41, 5.74) is 5.47. The number of aliphatic hydroxyl groups is 1. The Balaban J connectivity index is 1.98. The lowest BCUT2D eigenvalue weighted by atomic mass is 9.98. The first kappa shape index (κ1) is 10.2. The second-order valence-electron chi connectivity index (χ2n) is 3.91. The Bertz CT molecular complexity index is 306. The zero-order valence-corrected chi connectivity index (χ0v) is 8.63. The largest absolute Gasteiger partial charge is 0.396 e. The van der Waals surface area contributed by atoms with Gasteiger partial charge in [-0.15, -0.1) is 0 Å². The first-order chi connectivity index (χ1) is 7.29. The van der Waals surface area contributed by atoms with E-state index in [-0.39, 0.29) is 0 Å². The standard InChI is InChI=1S/C10H16N4O/c11-9-5-13-10(6-12-9)14-3-1-8(7-15)2-4-14/h5-6,8,15H,1-4,7H2,(H2,11,12). The number of aliphatic hydroxyl groups excluding tert-OH is 1. The lowest BCUT2D eigenvalue weighted by Gasteiger charge is -2.31. The average Bonchev–Trinajstić information content (AvgIpc) is 2.30. The van der Waals surface area contributed by atoms with Crippen LogP contribution >= 0.6 is 0 Å². The van der Waals surface area contributed by atoms with Gasteiger partial charge in [-0.2, -0.15) is 0 Å². The van der Waals surface area contributed by atoms with E-state index in [9.17, 15) is 0 Å². The Labute approximate surface area is 88.9 Å². The van der Waals surface area contributed by atoms with Crippen LogP contribution in [0.25, 0.3) is 0 Å². The number of hydrogen-bond acceptors (Lipinski definition) is 5. The van der Waals surface area contributed by atoms with E-state index < -0.39 is 0 Å². The highest BCUT2D eigenvalue weighted by molar-refractivity contribution is 5.39. The van der Waals surface area contributed by atoms with E-state index in [1.807, 2.05) is 0 Å². The molecule has 5 nitrogen and oxygen atoms in total. The molecule has 0 unspecified atom stereocenters. The molecule has 3 N–H and O–H groups in total. The van der Waals surface area contributed by atoms with Crippen LogP contribution in [0.3, 0.4) is 0 Å². The summed E-state index contributed by atoms with van der Waals surface area (Å²) in [6, 6.07) is 0. The molecule has 0 spiro atoms. The molecule has 0 bridgehead atoms. The fourth-order valence-electron chi connectivity index (χ4n) is 1.84. The van der Waals surface area contributed by atoms with E-state index in [2.05, 4.69) is 14.9 Å². The predicted molar refractivity (Wildman–Crippen MR) is 58.5 cm³/mol. The van der Waals surface area contributed by atoms with Crippen molar-refractivity contribution in [3.05, 3.63) is 12.4 Å². The van der Waals surface area contributed by atoms with Gasteiger partial charge in [-0.25, -0.2) is 9.97 Å². The number of rotatable bonds is 2. The van der Waals surface area contributed by atoms with Crippen molar-refractivity contribution < 1.29 is 5.11 Å². The SMILES string of the molecule is Nc1cnc(N2CCC(CO)CC2)cn1. The van der Waals surface area contributed by atoms with Crippen molar-refractivity contribution in [2.24, 2.45) is 5.92 Å². The number of piperidine rings is 1. The first-order valence-electron chi connectivity index (χ1n) is 5.23. The number of nitrogen functional groups attached to an aromatic ring is 1. The molecule has 15 heavy (non-hydrogen) atoms. The van der Waals surface area contributed by atoms with Crippen LogP contribution < -0.4 is 10.6 Å². The lowest BCUT2D eigenvalue weighted by Crippen LogP contribution is -2.35. The van der Waals surface area contributed by atoms with E-state index in [4.69, 9.17) is 10.8 Å². The fourth-order valence-corrected chi connectivity index (χ4v) is 1.84. The van der Waals surface area contributed by atoms with Crippen molar-refractivity contribution in [3.63, 3.8) is 0 Å². The summed E-state index contributed by atoms with van der Waals surface area (Å²) in [7, 11) is 0. The van der Waals surface area contributed by atoms with Gasteiger partial charge in [0.1, 0.15) is 11.6 Å². The molecule has 0 amide bonds. The Morgan fingerprint density at radius 2 is 2.07 bits per heavy atom. The molecule has 1 aliphatic rings. The molecule has 5 heteroatoms. The summed E-state index contributed by atoms with van der Waals surface area (Å²) < 4.78 is 0. The molecule has 0 radical (unpaired) electrons. The molecular weight excluding hydrogens is 192 g/mol. The first-order valence-corrected chi connectivity index (χ1v) is 5.23. The number of hydrogen-bond donors (Lipinski definition) is 2. The van der Waals surface area contributed by atoms with Gasteiger partial charge in [0.2, 0.25) is 0 Å². The third kappa shape index (κ3) is 2.36. The molecule has 1 aliphatic heterocycles. The van der Waals surface area contributed by atoms with Gasteiger partial charge < -0.3 is 15.7 Å². The molecule has 0 aliphatic carbocycles. The van der Waals surface area contributed by atoms with Crippen molar-refractivity contribution >= 4 is 11.6 Å². The maximum Gasteiger partial charge on any atom is 0.147 e. The second-order valence-corrected chi connectivity index (χ2v) is 3.91. The molecule has 1 aromatic rings. The van der Waals surface area contributed by atoms with Crippen LogP contribution in [-0.2, 0) is 0 Å². The second kappa shape index (κ2) is 4.44. The van der Waals surface area contributed by atoms with E-state index in [1.165, 1.54) is 0 Å². The number of aromatic nitrogens is 2. The van der Waals surface area contributed by atoms with Gasteiger partial charge in [0.25, 0.3) is 0 Å². The van der Waals surface area contributed by atoms with Crippen LogP contribution in [-0.4, -0.2) is 34.8 Å². The highest BCUT2D eigenvalue weighted by Gasteiger charge is 2.19. The molecule has 82 valence electrons. The van der Waals surface area contributed by atoms with Crippen LogP contribution in [0.15, 0.2) is 12.4 Å². The molecule has 0 aromatic carbocycles. The molecule has 1 fully saturated rings. The van der Waals surface area contributed by atoms with Gasteiger partial charge in [0.15, 0.2) is 0 Å². The van der Waals surface area contributed by atoms with Gasteiger partial charge in [-0.1, -0.05) is 0 Å². The molecule has 0 atom stereocenters. The molecule has 2 heterocycles. The average molecular weight is 208 g/mol. The van der Waals surface area contributed by atoms with E-state index in [1.54, 1.807) is 12.4 Å². The van der Waals surface area contributed by atoms with Gasteiger partial charge in [-0.3, -0.25) is 0 Å². The van der Waals surface area contributed by atoms with Crippen LogP contribution in [0.2, 0.25) is 0 Å². The zero-order valence-electron chi connectivity index (χ0n) is 8.63. The van der Waals surface area contributed by atoms with Crippen LogP contribution in [0.5, 0.6) is 0 Å². The van der Waals surface area contributed by atoms with E-state index in [0.717, 1.165) is 31.7 Å². The Hall–Kier alpha value is -1.36. The number of anilines is 2. The highest BCUT2D eigenvalue weighted by Crippen LogP contribution is 2.20. The summed E-state index contributed by atoms with van der Waals surface area (Å²) in [4.78, 5) is 10.4. The van der Waals surface area contributed by atoms with Gasteiger partial charge >= 0.3 is 0 Å². The Kier molecular flexibility index (Phi) is 3.01. The molecule has 1 aromatic heterocycles. The fraction of sp³-hybridized carbons (Fsp3) is 0.600. The number of nitrogens with zero attached hydrogens (tertiary/aromatic N) is 3. The van der Waals surface area contributed by atoms with Gasteiger partial charge in [-0.05, 0) is 18.8 Å². The van der Waals surface area contributed by atoms with Crippen molar-refractivity contribution in [1.82, 2.24) is 9.97 Å². The minimum Gasteiger partial charge on any atom is -0.396 e. The summed E-state index contributed by atoms with van der Waals surface area (Å²) in [5.74, 6) is 1.77. The quantitative estimate of drug-likeness (QED) is 0.729. The summed E-state index contributed by atoms with van der Waals surface area (Å²) >= 11 is 0. The van der Waals surface area contributed by atoms with E-state index >= 15 is 0 Å². The van der Waals surface area contributed by atoms with Crippen molar-refractivity contribution in [3.8, 4) is 0 Å². The zero-order chi connectivity index (χ0) is 10.7. The summed E-state index contributed by atoms with van der Waals surface area (Å²) in [5, 5.41) is 9.02. The normalized spacial score (nSPS) is 18.1. The Morgan fingerprint density at radius 1 is 1.33 bits per heavy atom. The maximum absolute atomic E-state index is 9.02. The van der Waals surface area contributed by atoms with Crippen LogP contribution in [0.1, 0.15) is 12.8 Å². The van der Waals surface area contributed by atoms with Crippen molar-refractivity contribution in [1.29, 1.82) is 0 Å². The Morgan fingerprint density at radius 3 is 2.60 bits per heavy atom. The lowest BCUT2D eigenvalue weighted by molar-refractivity contribution is 0.203. The van der Waals surface area contributed by atoms with Gasteiger partial charge in [0, 0.05) is 19.7 Å². The number of nitrogens with two attached hydrogens (primary N) is 1. The van der Waals surface area contributed by atoms with Crippen LogP contribution in [0.4, 0.5) is 11.6 Å².